The number of likely N-dealkylation sites (tertiary alicyclic amines) is 1. The highest BCUT2D eigenvalue weighted by Gasteiger charge is 2.75. The van der Waals surface area contributed by atoms with Crippen molar-refractivity contribution in [3.05, 3.63) is 85.5 Å². The smallest absolute Gasteiger partial charge is 0.248 e. The maximum Gasteiger partial charge on any atom is 0.248 e. The monoisotopic (exact) mass is 601 g/mol. The van der Waals surface area contributed by atoms with E-state index in [1.165, 1.54) is 4.90 Å². The average molecular weight is 602 g/mol. The maximum absolute atomic E-state index is 14.7. The fourth-order valence-corrected chi connectivity index (χ4v) is 7.39. The van der Waals surface area contributed by atoms with Gasteiger partial charge in [0.05, 0.1) is 37.2 Å². The summed E-state index contributed by atoms with van der Waals surface area (Å²) in [5.41, 5.74) is 0.158. The Kier molecular flexibility index (Phi) is 9.27. The number of nitrogens with zero attached hydrogens (tertiary/aromatic N) is 3. The molecule has 3 saturated heterocycles. The Hall–Kier alpha value is -3.95. The number of hydrogen-bond acceptors (Lipinski definition) is 6. The fourth-order valence-electron chi connectivity index (χ4n) is 7.39. The maximum atomic E-state index is 14.7. The summed E-state index contributed by atoms with van der Waals surface area (Å²) in [4.78, 5) is 48.5. The van der Waals surface area contributed by atoms with Gasteiger partial charge in [0.15, 0.2) is 0 Å². The number of anilines is 1. The van der Waals surface area contributed by atoms with Gasteiger partial charge in [0.2, 0.25) is 17.7 Å². The second-order valence-corrected chi connectivity index (χ2v) is 11.9. The lowest BCUT2D eigenvalue weighted by molar-refractivity contribution is -0.152. The molecular weight excluding hydrogens is 558 g/mol. The van der Waals surface area contributed by atoms with E-state index >= 15 is 0 Å². The van der Waals surface area contributed by atoms with Crippen LogP contribution in [0.5, 0.6) is 5.75 Å². The van der Waals surface area contributed by atoms with Crippen LogP contribution in [-0.2, 0) is 19.1 Å². The quantitative estimate of drug-likeness (QED) is 0.347. The average Bonchev–Trinajstić information content (AvgIpc) is 3.67. The van der Waals surface area contributed by atoms with Crippen molar-refractivity contribution in [2.45, 2.75) is 63.4 Å². The van der Waals surface area contributed by atoms with E-state index in [-0.39, 0.29) is 36.9 Å². The van der Waals surface area contributed by atoms with Gasteiger partial charge in [-0.05, 0) is 63.4 Å². The molecule has 3 aliphatic heterocycles. The Labute approximate surface area is 259 Å². The zero-order valence-corrected chi connectivity index (χ0v) is 25.8. The van der Waals surface area contributed by atoms with Crippen LogP contribution in [0.3, 0.4) is 0 Å². The van der Waals surface area contributed by atoms with Gasteiger partial charge >= 0.3 is 0 Å². The molecule has 234 valence electrons. The van der Waals surface area contributed by atoms with E-state index in [2.05, 4.69) is 13.2 Å². The molecule has 9 nitrogen and oxygen atoms in total. The molecule has 2 unspecified atom stereocenters. The highest BCUT2D eigenvalue weighted by molar-refractivity contribution is 6.03. The van der Waals surface area contributed by atoms with Crippen LogP contribution < -0.4 is 9.64 Å². The lowest BCUT2D eigenvalue weighted by Crippen LogP contribution is -2.58. The van der Waals surface area contributed by atoms with Crippen LogP contribution in [0, 0.1) is 11.8 Å². The van der Waals surface area contributed by atoms with E-state index in [0.29, 0.717) is 43.0 Å². The van der Waals surface area contributed by atoms with E-state index < -0.39 is 35.6 Å². The first-order valence-corrected chi connectivity index (χ1v) is 15.5. The molecule has 9 heteroatoms. The largest absolute Gasteiger partial charge is 0.494 e. The molecule has 3 heterocycles. The minimum Gasteiger partial charge on any atom is -0.494 e. The Bertz CT molecular complexity index is 1380. The number of hydrogen-bond donors (Lipinski definition) is 1. The molecule has 0 radical (unpaired) electrons. The summed E-state index contributed by atoms with van der Waals surface area (Å²) in [6.45, 7) is 14.1. The highest BCUT2D eigenvalue weighted by atomic mass is 16.5. The van der Waals surface area contributed by atoms with Crippen LogP contribution >= 0.6 is 0 Å². The van der Waals surface area contributed by atoms with E-state index in [9.17, 15) is 19.5 Å². The first-order valence-electron chi connectivity index (χ1n) is 15.5. The van der Waals surface area contributed by atoms with E-state index in [0.717, 1.165) is 0 Å². The molecule has 0 aromatic heterocycles. The van der Waals surface area contributed by atoms with Crippen molar-refractivity contribution in [3.63, 3.8) is 0 Å². The molecular formula is C35H43N3O6. The second-order valence-electron chi connectivity index (χ2n) is 11.9. The van der Waals surface area contributed by atoms with Gasteiger partial charge in [-0.3, -0.25) is 14.4 Å². The number of fused-ring (bicyclic) bond motifs is 1. The molecule has 1 spiro atoms. The number of carbonyl (C=O) groups is 3. The zero-order valence-electron chi connectivity index (χ0n) is 25.8. The van der Waals surface area contributed by atoms with Crippen molar-refractivity contribution in [3.8, 4) is 5.75 Å². The number of aliphatic hydroxyl groups is 1. The number of amides is 3. The summed E-state index contributed by atoms with van der Waals surface area (Å²) in [5, 5.41) is 10.7. The van der Waals surface area contributed by atoms with Crippen LogP contribution in [0.15, 0.2) is 79.9 Å². The summed E-state index contributed by atoms with van der Waals surface area (Å²) in [5.74, 6) is -1.86. The van der Waals surface area contributed by atoms with Crippen LogP contribution in [-0.4, -0.2) is 82.7 Å². The third-order valence-corrected chi connectivity index (χ3v) is 9.22. The van der Waals surface area contributed by atoms with Gasteiger partial charge in [-0.2, -0.15) is 0 Å². The van der Waals surface area contributed by atoms with Gasteiger partial charge in [-0.15, -0.1) is 13.2 Å². The second kappa shape index (κ2) is 13.0. The number of benzene rings is 2. The molecule has 0 saturated carbocycles. The zero-order chi connectivity index (χ0) is 31.6. The number of aliphatic hydroxyl groups excluding tert-OH is 1. The molecule has 2 bridgehead atoms. The van der Waals surface area contributed by atoms with E-state index in [4.69, 9.17) is 9.47 Å². The molecule has 0 aliphatic carbocycles. The number of rotatable bonds is 13. The molecule has 3 aliphatic rings. The van der Waals surface area contributed by atoms with Crippen molar-refractivity contribution in [2.75, 3.05) is 31.2 Å². The predicted octanol–water partition coefficient (Wildman–Crippen LogP) is 4.14. The predicted molar refractivity (Wildman–Crippen MR) is 168 cm³/mol. The number of carbonyl (C=O) groups excluding carboxylic acids is 3. The number of ether oxygens (including phenoxy) is 2. The van der Waals surface area contributed by atoms with Gasteiger partial charge in [0.25, 0.3) is 0 Å². The summed E-state index contributed by atoms with van der Waals surface area (Å²) in [6.07, 6.45) is 3.81. The summed E-state index contributed by atoms with van der Waals surface area (Å²) in [6, 6.07) is 14.5. The molecule has 3 fully saturated rings. The Morgan fingerprint density at radius 3 is 2.36 bits per heavy atom. The standard InChI is InChI=1S/C35H43N3O6/c1-6-20-36(23(4)5)34(42)31-35-19-18-28(44-35)29(30(35)33(41)38(31)27(22-39)24-12-10-9-11-13-24)32(40)37(21-7-2)25-14-16-26(17-15-25)43-8-3/h6-7,9-17,23,27-31,39H,1-2,8,18-22H2,3-5H3/t27-,28-,29+,30+,31?,35?/m1/s1. The lowest BCUT2D eigenvalue weighted by atomic mass is 9.70. The molecule has 6 atom stereocenters. The van der Waals surface area contributed by atoms with Gasteiger partial charge in [0, 0.05) is 24.8 Å². The summed E-state index contributed by atoms with van der Waals surface area (Å²) < 4.78 is 12.3. The highest BCUT2D eigenvalue weighted by Crippen LogP contribution is 2.60. The Morgan fingerprint density at radius 2 is 1.77 bits per heavy atom. The van der Waals surface area contributed by atoms with E-state index in [1.807, 2.05) is 75.4 Å². The molecule has 5 rings (SSSR count). The first kappa shape index (κ1) is 31.5. The van der Waals surface area contributed by atoms with Crippen LogP contribution in [0.25, 0.3) is 0 Å². The van der Waals surface area contributed by atoms with Gasteiger partial charge < -0.3 is 29.3 Å². The molecule has 2 aromatic rings. The molecule has 2 aromatic carbocycles. The van der Waals surface area contributed by atoms with Crippen molar-refractivity contribution in [1.29, 1.82) is 0 Å². The molecule has 1 N–H and O–H groups in total. The van der Waals surface area contributed by atoms with Gasteiger partial charge in [-0.1, -0.05) is 42.5 Å². The van der Waals surface area contributed by atoms with Crippen LogP contribution in [0.1, 0.15) is 45.2 Å². The van der Waals surface area contributed by atoms with Gasteiger partial charge in [0.1, 0.15) is 17.4 Å². The lowest BCUT2D eigenvalue weighted by Gasteiger charge is -2.40. The minimum atomic E-state index is -1.20. The summed E-state index contributed by atoms with van der Waals surface area (Å²) in [7, 11) is 0. The van der Waals surface area contributed by atoms with E-state index in [1.54, 1.807) is 22.0 Å². The van der Waals surface area contributed by atoms with Gasteiger partial charge in [-0.25, -0.2) is 0 Å². The molecule has 3 amide bonds. The fraction of sp³-hybridized carbons (Fsp3) is 0.457. The van der Waals surface area contributed by atoms with Crippen molar-refractivity contribution in [2.24, 2.45) is 11.8 Å². The minimum absolute atomic E-state index is 0.170. The van der Waals surface area contributed by atoms with Crippen LogP contribution in [0.2, 0.25) is 0 Å². The molecule has 44 heavy (non-hydrogen) atoms. The van der Waals surface area contributed by atoms with Crippen molar-refractivity contribution < 1.29 is 29.0 Å². The summed E-state index contributed by atoms with van der Waals surface area (Å²) >= 11 is 0. The third kappa shape index (κ3) is 5.22. The van der Waals surface area contributed by atoms with Crippen molar-refractivity contribution >= 4 is 23.4 Å². The first-order chi connectivity index (χ1) is 21.2. The Balaban J connectivity index is 1.59. The SMILES string of the molecule is C=CCN(C(=O)[C@@H]1[C@H]2C(=O)N([C@H](CO)c3ccccc3)C(C(=O)N(CC=C)C(C)C)C23CC[C@H]1O3)c1ccc(OCC)cc1. The van der Waals surface area contributed by atoms with Crippen molar-refractivity contribution in [1.82, 2.24) is 9.80 Å². The van der Waals surface area contributed by atoms with Crippen LogP contribution in [0.4, 0.5) is 5.69 Å². The Morgan fingerprint density at radius 1 is 1.09 bits per heavy atom. The normalized spacial score (nSPS) is 25.9. The topological polar surface area (TPSA) is 99.6 Å². The third-order valence-electron chi connectivity index (χ3n) is 9.22.